The van der Waals surface area contributed by atoms with Gasteiger partial charge in [-0.3, -0.25) is 4.90 Å². The lowest BCUT2D eigenvalue weighted by atomic mass is 10.2. The first-order valence-electron chi connectivity index (χ1n) is 6.20. The molecule has 1 aliphatic rings. The van der Waals surface area contributed by atoms with Crippen LogP contribution < -0.4 is 0 Å². The summed E-state index contributed by atoms with van der Waals surface area (Å²) in [7, 11) is 0. The van der Waals surface area contributed by atoms with E-state index >= 15 is 0 Å². The Labute approximate surface area is 123 Å². The molecule has 3 rings (SSSR count). The van der Waals surface area contributed by atoms with Gasteiger partial charge in [0.1, 0.15) is 0 Å². The highest BCUT2D eigenvalue weighted by Crippen LogP contribution is 2.29. The number of amides is 1. The van der Waals surface area contributed by atoms with E-state index in [1.54, 1.807) is 0 Å². The van der Waals surface area contributed by atoms with Crippen molar-refractivity contribution in [3.8, 4) is 5.69 Å². The van der Waals surface area contributed by atoms with Gasteiger partial charge in [0.25, 0.3) is 0 Å². The average molecular weight is 338 g/mol. The number of aromatic nitrogens is 4. The highest BCUT2D eigenvalue weighted by molar-refractivity contribution is 9.10. The van der Waals surface area contributed by atoms with Gasteiger partial charge in [0.05, 0.1) is 11.7 Å². The molecular weight excluding hydrogens is 326 g/mol. The fraction of sp³-hybridized carbons (Fsp3) is 0.333. The van der Waals surface area contributed by atoms with Crippen molar-refractivity contribution in [1.29, 1.82) is 0 Å². The molecule has 1 saturated heterocycles. The van der Waals surface area contributed by atoms with E-state index in [0.29, 0.717) is 12.4 Å². The quantitative estimate of drug-likeness (QED) is 0.908. The molecule has 1 aliphatic heterocycles. The van der Waals surface area contributed by atoms with Gasteiger partial charge in [-0.15, -0.1) is 15.0 Å². The normalized spacial score (nSPS) is 18.4. The van der Waals surface area contributed by atoms with Crippen LogP contribution in [0.3, 0.4) is 0 Å². The summed E-state index contributed by atoms with van der Waals surface area (Å²) in [5.74, 6) is 0.449. The minimum atomic E-state index is -0.939. The largest absolute Gasteiger partial charge is 0.465 e. The molecule has 0 bridgehead atoms. The van der Waals surface area contributed by atoms with Crippen molar-refractivity contribution in [2.45, 2.75) is 18.9 Å². The number of carboxylic acid groups (broad SMARTS) is 1. The molecule has 0 spiro atoms. The van der Waals surface area contributed by atoms with Crippen LogP contribution in [0, 0.1) is 0 Å². The van der Waals surface area contributed by atoms with E-state index in [-0.39, 0.29) is 6.04 Å². The van der Waals surface area contributed by atoms with E-state index in [1.165, 1.54) is 9.70 Å². The van der Waals surface area contributed by atoms with Gasteiger partial charge in [-0.05, 0) is 36.3 Å². The van der Waals surface area contributed by atoms with E-state index in [9.17, 15) is 4.79 Å². The molecule has 104 valence electrons. The van der Waals surface area contributed by atoms with Crippen LogP contribution in [0.1, 0.15) is 24.7 Å². The maximum absolute atomic E-state index is 11.1. The van der Waals surface area contributed by atoms with Crippen LogP contribution in [0.5, 0.6) is 0 Å². The summed E-state index contributed by atoms with van der Waals surface area (Å²) in [5.41, 5.74) is 0.776. The zero-order chi connectivity index (χ0) is 14.1. The third-order valence-corrected chi connectivity index (χ3v) is 3.76. The van der Waals surface area contributed by atoms with Crippen LogP contribution in [-0.2, 0) is 0 Å². The fourth-order valence-electron chi connectivity index (χ4n) is 2.33. The number of likely N-dealkylation sites (tertiary alicyclic amines) is 1. The van der Waals surface area contributed by atoms with Crippen molar-refractivity contribution < 1.29 is 9.90 Å². The predicted molar refractivity (Wildman–Crippen MR) is 73.6 cm³/mol. The smallest absolute Gasteiger partial charge is 0.407 e. The average Bonchev–Trinajstić information content (AvgIpc) is 3.07. The lowest BCUT2D eigenvalue weighted by Gasteiger charge is -2.17. The van der Waals surface area contributed by atoms with Crippen molar-refractivity contribution in [3.05, 3.63) is 34.6 Å². The maximum Gasteiger partial charge on any atom is 0.407 e. The summed E-state index contributed by atoms with van der Waals surface area (Å²) in [6, 6.07) is 7.22. The molecule has 0 saturated carbocycles. The number of halogens is 1. The Kier molecular flexibility index (Phi) is 3.39. The molecule has 0 aliphatic carbocycles. The number of tetrazole rings is 1. The Hall–Kier alpha value is -1.96. The van der Waals surface area contributed by atoms with E-state index in [0.717, 1.165) is 23.0 Å². The predicted octanol–water partition coefficient (Wildman–Crippen LogP) is 2.24. The van der Waals surface area contributed by atoms with Crippen molar-refractivity contribution >= 4 is 22.0 Å². The van der Waals surface area contributed by atoms with Gasteiger partial charge < -0.3 is 5.11 Å². The van der Waals surface area contributed by atoms with Crippen LogP contribution in [-0.4, -0.2) is 42.9 Å². The Balaban J connectivity index is 1.89. The van der Waals surface area contributed by atoms with Gasteiger partial charge in [-0.25, -0.2) is 4.79 Å². The molecule has 2 heterocycles. The van der Waals surface area contributed by atoms with Gasteiger partial charge in [0.15, 0.2) is 5.82 Å². The SMILES string of the molecule is O=C(O)N1CCC[C@@H]1c1nnn(-c2cccc(Br)c2)n1. The topological polar surface area (TPSA) is 84.1 Å². The minimum Gasteiger partial charge on any atom is -0.465 e. The summed E-state index contributed by atoms with van der Waals surface area (Å²) in [6.45, 7) is 0.519. The zero-order valence-electron chi connectivity index (χ0n) is 10.5. The molecule has 8 heteroatoms. The van der Waals surface area contributed by atoms with Crippen LogP contribution in [0.15, 0.2) is 28.7 Å². The van der Waals surface area contributed by atoms with Gasteiger partial charge >= 0.3 is 6.09 Å². The third-order valence-electron chi connectivity index (χ3n) is 3.26. The van der Waals surface area contributed by atoms with Crippen molar-refractivity contribution in [2.75, 3.05) is 6.54 Å². The van der Waals surface area contributed by atoms with Gasteiger partial charge in [0, 0.05) is 11.0 Å². The number of rotatable bonds is 2. The van der Waals surface area contributed by atoms with Crippen LogP contribution >= 0.6 is 15.9 Å². The molecular formula is C12H12BrN5O2. The Morgan fingerprint density at radius 2 is 2.30 bits per heavy atom. The summed E-state index contributed by atoms with van der Waals surface area (Å²) in [6.07, 6.45) is 0.616. The van der Waals surface area contributed by atoms with Crippen molar-refractivity contribution in [1.82, 2.24) is 25.1 Å². The molecule has 2 aromatic rings. The lowest BCUT2D eigenvalue weighted by molar-refractivity contribution is 0.138. The molecule has 0 radical (unpaired) electrons. The van der Waals surface area contributed by atoms with Gasteiger partial charge in [0.2, 0.25) is 0 Å². The molecule has 7 nitrogen and oxygen atoms in total. The number of nitrogens with zero attached hydrogens (tertiary/aromatic N) is 5. The van der Waals surface area contributed by atoms with Crippen molar-refractivity contribution in [2.24, 2.45) is 0 Å². The zero-order valence-corrected chi connectivity index (χ0v) is 12.1. The molecule has 1 fully saturated rings. The number of benzene rings is 1. The monoisotopic (exact) mass is 337 g/mol. The fourth-order valence-corrected chi connectivity index (χ4v) is 2.72. The van der Waals surface area contributed by atoms with Crippen LogP contribution in [0.25, 0.3) is 5.69 Å². The van der Waals surface area contributed by atoms with E-state index in [2.05, 4.69) is 31.3 Å². The van der Waals surface area contributed by atoms with Gasteiger partial charge in [-0.1, -0.05) is 22.0 Å². The molecule has 1 aromatic carbocycles. The molecule has 0 unspecified atom stereocenters. The molecule has 1 aromatic heterocycles. The second-order valence-corrected chi connectivity index (χ2v) is 5.47. The second kappa shape index (κ2) is 5.20. The maximum atomic E-state index is 11.1. The first-order valence-corrected chi connectivity index (χ1v) is 7.00. The van der Waals surface area contributed by atoms with Gasteiger partial charge in [-0.2, -0.15) is 0 Å². The molecule has 20 heavy (non-hydrogen) atoms. The van der Waals surface area contributed by atoms with Crippen LogP contribution in [0.4, 0.5) is 4.79 Å². The standard InChI is InChI=1S/C12H12BrN5O2/c13-8-3-1-4-9(7-8)18-15-11(14-16-18)10-5-2-6-17(10)12(19)20/h1,3-4,7,10H,2,5-6H2,(H,19,20)/t10-/m1/s1. The van der Waals surface area contributed by atoms with E-state index in [1.807, 2.05) is 24.3 Å². The van der Waals surface area contributed by atoms with E-state index < -0.39 is 6.09 Å². The Morgan fingerprint density at radius 3 is 3.05 bits per heavy atom. The molecule has 1 amide bonds. The van der Waals surface area contributed by atoms with Crippen LogP contribution in [0.2, 0.25) is 0 Å². The summed E-state index contributed by atoms with van der Waals surface area (Å²) < 4.78 is 0.918. The number of carbonyl (C=O) groups is 1. The first kappa shape index (κ1) is 13.0. The summed E-state index contributed by atoms with van der Waals surface area (Å²) in [4.78, 5) is 13.9. The lowest BCUT2D eigenvalue weighted by Crippen LogP contribution is -2.29. The summed E-state index contributed by atoms with van der Waals surface area (Å²) >= 11 is 3.39. The highest BCUT2D eigenvalue weighted by atomic mass is 79.9. The highest BCUT2D eigenvalue weighted by Gasteiger charge is 2.33. The number of hydrogen-bond donors (Lipinski definition) is 1. The summed E-state index contributed by atoms with van der Waals surface area (Å²) in [5, 5.41) is 21.4. The Morgan fingerprint density at radius 1 is 1.45 bits per heavy atom. The van der Waals surface area contributed by atoms with E-state index in [4.69, 9.17) is 5.11 Å². The molecule has 1 atom stereocenters. The Bertz CT molecular complexity index is 644. The minimum absolute atomic E-state index is 0.298. The molecule has 1 N–H and O–H groups in total. The van der Waals surface area contributed by atoms with Crippen molar-refractivity contribution in [3.63, 3.8) is 0 Å². The second-order valence-electron chi connectivity index (χ2n) is 4.55. The number of hydrogen-bond acceptors (Lipinski definition) is 4. The third kappa shape index (κ3) is 2.38. The first-order chi connectivity index (χ1) is 9.65.